The van der Waals surface area contributed by atoms with Crippen molar-refractivity contribution in [2.45, 2.75) is 62.0 Å². The van der Waals surface area contributed by atoms with Crippen LogP contribution in [0.3, 0.4) is 0 Å². The van der Waals surface area contributed by atoms with Crippen molar-refractivity contribution in [3.63, 3.8) is 0 Å². The number of H-pyrrole nitrogens is 1. The van der Waals surface area contributed by atoms with E-state index in [1.807, 2.05) is 18.2 Å². The number of hydrogen-bond donors (Lipinski definition) is 6. The van der Waals surface area contributed by atoms with E-state index in [1.54, 1.807) is 0 Å². The van der Waals surface area contributed by atoms with E-state index < -0.39 is 67.5 Å². The fourth-order valence-electron chi connectivity index (χ4n) is 6.66. The highest BCUT2D eigenvalue weighted by molar-refractivity contribution is 5.89. The van der Waals surface area contributed by atoms with Gasteiger partial charge in [0.25, 0.3) is 0 Å². The molecule has 6 N–H and O–H groups in total. The third kappa shape index (κ3) is 4.45. The van der Waals surface area contributed by atoms with Crippen molar-refractivity contribution in [3.8, 4) is 0 Å². The standard InChI is InChI=1S/C27H34N2O10/c1-36-25(35)15-11-37-26(39-27-24(34)23(33)22(32)19(10-30)38-27)20-14(15)8-17-21-13(6-7-29(17)9-18(20)31)12-4-2-3-5-16(12)28-21/h2-5,11,14,17-20,22-24,26-28,30-34H,6-10H2,1H3/t14-,17+,18-,19+,20+,22-,23+,24+,26+,27+/m1/s1. The average molecular weight is 547 g/mol. The molecule has 212 valence electrons. The Balaban J connectivity index is 1.34. The number of aliphatic hydroxyl groups is 5. The minimum absolute atomic E-state index is 0.120. The molecule has 0 unspecified atom stereocenters. The zero-order chi connectivity index (χ0) is 27.4. The quantitative estimate of drug-likeness (QED) is 0.268. The molecule has 12 heteroatoms. The van der Waals surface area contributed by atoms with Gasteiger partial charge in [-0.25, -0.2) is 4.79 Å². The van der Waals surface area contributed by atoms with Gasteiger partial charge < -0.3 is 49.5 Å². The van der Waals surface area contributed by atoms with Gasteiger partial charge in [-0.15, -0.1) is 0 Å². The van der Waals surface area contributed by atoms with Gasteiger partial charge in [-0.2, -0.15) is 0 Å². The molecule has 0 saturated carbocycles. The van der Waals surface area contributed by atoms with E-state index in [-0.39, 0.29) is 18.2 Å². The summed E-state index contributed by atoms with van der Waals surface area (Å²) in [5.74, 6) is -1.87. The van der Waals surface area contributed by atoms with E-state index >= 15 is 0 Å². The topological polar surface area (TPSA) is 174 Å². The summed E-state index contributed by atoms with van der Waals surface area (Å²) < 4.78 is 22.3. The molecule has 10 atom stereocenters. The van der Waals surface area contributed by atoms with Gasteiger partial charge in [0.05, 0.1) is 43.6 Å². The maximum atomic E-state index is 12.8. The summed E-state index contributed by atoms with van der Waals surface area (Å²) in [6.45, 7) is 0.389. The number of methoxy groups -OCH3 is 1. The van der Waals surface area contributed by atoms with Crippen molar-refractivity contribution >= 4 is 16.9 Å². The van der Waals surface area contributed by atoms with Crippen molar-refractivity contribution in [1.29, 1.82) is 0 Å². The molecule has 0 radical (unpaired) electrons. The van der Waals surface area contributed by atoms with E-state index in [0.29, 0.717) is 13.0 Å². The first-order valence-electron chi connectivity index (χ1n) is 13.2. The van der Waals surface area contributed by atoms with E-state index in [0.717, 1.165) is 23.0 Å². The van der Waals surface area contributed by atoms with E-state index in [9.17, 15) is 30.3 Å². The van der Waals surface area contributed by atoms with Crippen LogP contribution in [0.25, 0.3) is 10.9 Å². The largest absolute Gasteiger partial charge is 0.471 e. The van der Waals surface area contributed by atoms with Crippen LogP contribution in [0.5, 0.6) is 0 Å². The van der Waals surface area contributed by atoms with Crippen molar-refractivity contribution in [1.82, 2.24) is 9.88 Å². The van der Waals surface area contributed by atoms with E-state index in [4.69, 9.17) is 18.9 Å². The predicted molar refractivity (Wildman–Crippen MR) is 134 cm³/mol. The van der Waals surface area contributed by atoms with Crippen LogP contribution < -0.4 is 0 Å². The first kappa shape index (κ1) is 26.7. The second kappa shape index (κ2) is 10.5. The number of hydrogen-bond acceptors (Lipinski definition) is 11. The van der Waals surface area contributed by atoms with Gasteiger partial charge in [0.1, 0.15) is 24.4 Å². The lowest BCUT2D eigenvalue weighted by Gasteiger charge is -2.44. The molecular formula is C27H34N2O10. The van der Waals surface area contributed by atoms with Crippen molar-refractivity contribution in [2.75, 3.05) is 26.8 Å². The minimum Gasteiger partial charge on any atom is -0.471 e. The second-order valence-corrected chi connectivity index (χ2v) is 10.7. The van der Waals surface area contributed by atoms with Crippen LogP contribution in [0, 0.1) is 11.8 Å². The molecule has 2 saturated heterocycles. The van der Waals surface area contributed by atoms with Crippen LogP contribution in [0.2, 0.25) is 0 Å². The van der Waals surface area contributed by atoms with Gasteiger partial charge in [-0.3, -0.25) is 4.90 Å². The summed E-state index contributed by atoms with van der Waals surface area (Å²) >= 11 is 0. The smallest absolute Gasteiger partial charge is 0.337 e. The van der Waals surface area contributed by atoms with Gasteiger partial charge in [0.15, 0.2) is 6.29 Å². The monoisotopic (exact) mass is 546 g/mol. The molecule has 2 aromatic rings. The highest BCUT2D eigenvalue weighted by atomic mass is 16.8. The fraction of sp³-hybridized carbons (Fsp3) is 0.593. The number of esters is 1. The van der Waals surface area contributed by atoms with Crippen LogP contribution in [-0.2, 0) is 30.2 Å². The first-order chi connectivity index (χ1) is 18.8. The Morgan fingerprint density at radius 1 is 1.13 bits per heavy atom. The molecule has 39 heavy (non-hydrogen) atoms. The lowest BCUT2D eigenvalue weighted by Crippen LogP contribution is -2.60. The van der Waals surface area contributed by atoms with Gasteiger partial charge in [0, 0.05) is 35.6 Å². The van der Waals surface area contributed by atoms with Crippen molar-refractivity contribution < 1.29 is 49.3 Å². The molecule has 0 amide bonds. The summed E-state index contributed by atoms with van der Waals surface area (Å²) in [6.07, 6.45) is -7.06. The number of carbonyl (C=O) groups excluding carboxylic acids is 1. The number of carbonyl (C=O) groups is 1. The van der Waals surface area contributed by atoms with Crippen LogP contribution in [-0.4, -0.2) is 111 Å². The number of ether oxygens (including phenoxy) is 4. The molecule has 4 aliphatic heterocycles. The second-order valence-electron chi connectivity index (χ2n) is 10.7. The molecule has 12 nitrogen and oxygen atoms in total. The maximum Gasteiger partial charge on any atom is 0.337 e. The Labute approximate surface area is 224 Å². The number of nitrogens with one attached hydrogen (secondary N) is 1. The van der Waals surface area contributed by atoms with Crippen LogP contribution in [0.4, 0.5) is 0 Å². The lowest BCUT2D eigenvalue weighted by atomic mass is 9.77. The number of aromatic nitrogens is 1. The summed E-state index contributed by atoms with van der Waals surface area (Å²) in [6, 6.07) is 7.99. The van der Waals surface area contributed by atoms with E-state index in [2.05, 4.69) is 16.0 Å². The molecular weight excluding hydrogens is 512 g/mol. The molecule has 0 spiro atoms. The summed E-state index contributed by atoms with van der Waals surface area (Å²) in [5.41, 5.74) is 3.58. The van der Waals surface area contributed by atoms with Gasteiger partial charge >= 0.3 is 5.97 Å². The molecule has 1 aromatic carbocycles. The van der Waals surface area contributed by atoms with Crippen LogP contribution in [0.15, 0.2) is 36.1 Å². The van der Waals surface area contributed by atoms with Crippen molar-refractivity contribution in [2.24, 2.45) is 11.8 Å². The number of fused-ring (bicyclic) bond motifs is 6. The third-order valence-corrected chi connectivity index (χ3v) is 8.66. The molecule has 2 fully saturated rings. The number of benzene rings is 1. The molecule has 6 rings (SSSR count). The normalized spacial score (nSPS) is 38.6. The fourth-order valence-corrected chi connectivity index (χ4v) is 6.66. The van der Waals surface area contributed by atoms with Gasteiger partial charge in [-0.1, -0.05) is 18.2 Å². The molecule has 0 bridgehead atoms. The summed E-state index contributed by atoms with van der Waals surface area (Å²) in [7, 11) is 1.28. The Hall–Kier alpha value is -2.55. The highest BCUT2D eigenvalue weighted by Gasteiger charge is 2.52. The lowest BCUT2D eigenvalue weighted by molar-refractivity contribution is -0.345. The number of nitrogens with zero attached hydrogens (tertiary/aromatic N) is 1. The van der Waals surface area contributed by atoms with Crippen LogP contribution in [0.1, 0.15) is 23.7 Å². The number of aromatic amines is 1. The average Bonchev–Trinajstić information content (AvgIpc) is 3.25. The molecule has 1 aromatic heterocycles. The molecule has 5 heterocycles. The zero-order valence-electron chi connectivity index (χ0n) is 21.4. The predicted octanol–water partition coefficient (Wildman–Crippen LogP) is -0.706. The first-order valence-corrected chi connectivity index (χ1v) is 13.2. The molecule has 4 aliphatic rings. The Morgan fingerprint density at radius 2 is 1.92 bits per heavy atom. The van der Waals surface area contributed by atoms with Crippen LogP contribution >= 0.6 is 0 Å². The van der Waals surface area contributed by atoms with Gasteiger partial charge in [-0.05, 0) is 24.5 Å². The zero-order valence-corrected chi connectivity index (χ0v) is 21.4. The molecule has 0 aliphatic carbocycles. The van der Waals surface area contributed by atoms with Gasteiger partial charge in [0.2, 0.25) is 6.29 Å². The van der Waals surface area contributed by atoms with E-state index in [1.165, 1.54) is 18.9 Å². The minimum atomic E-state index is -1.64. The third-order valence-electron chi connectivity index (χ3n) is 8.66. The Kier molecular flexibility index (Phi) is 7.14. The number of aliphatic hydroxyl groups excluding tert-OH is 5. The Bertz CT molecular complexity index is 1250. The summed E-state index contributed by atoms with van der Waals surface area (Å²) in [5, 5.41) is 53.1. The Morgan fingerprint density at radius 3 is 2.69 bits per heavy atom. The van der Waals surface area contributed by atoms with Crippen molar-refractivity contribution in [3.05, 3.63) is 47.4 Å². The summed E-state index contributed by atoms with van der Waals surface area (Å²) in [4.78, 5) is 18.6. The number of rotatable bonds is 4. The SMILES string of the molecule is COC(=O)C1=CO[C@@H](O[C@@H]2O[C@@H](CO)[C@@H](O)[C@H](O)[C@@H]2O)[C@@H]2[C@H](O)CN3CCc4c([nH]c5ccccc45)[C@@H]3C[C@H]12. The maximum absolute atomic E-state index is 12.8. The number of para-hydroxylation sites is 1. The highest BCUT2D eigenvalue weighted by Crippen LogP contribution is 2.47.